The van der Waals surface area contributed by atoms with Crippen LogP contribution in [0.3, 0.4) is 0 Å². The zero-order valence-corrected chi connectivity index (χ0v) is 35.1. The summed E-state index contributed by atoms with van der Waals surface area (Å²) >= 11 is 0. The second kappa shape index (κ2) is 17.9. The lowest BCUT2D eigenvalue weighted by atomic mass is 9.45. The number of ether oxygens (including phenoxy) is 1. The average Bonchev–Trinajstić information content (AvgIpc) is 3.46. The first-order valence-electron chi connectivity index (χ1n) is 21.1. The third-order valence-corrected chi connectivity index (χ3v) is 14.9. The smallest absolute Gasteiger partial charge is 0.240 e. The van der Waals surface area contributed by atoms with Crippen molar-refractivity contribution in [2.45, 2.75) is 142 Å². The van der Waals surface area contributed by atoms with Crippen LogP contribution in [0.2, 0.25) is 0 Å². The largest absolute Gasteiger partial charge is 0.394 e. The van der Waals surface area contributed by atoms with Crippen LogP contribution in [0.25, 0.3) is 0 Å². The quantitative estimate of drug-likeness (QED) is 0.197. The lowest BCUT2D eigenvalue weighted by Gasteiger charge is -2.62. The van der Waals surface area contributed by atoms with Crippen molar-refractivity contribution >= 4 is 11.8 Å². The maximum Gasteiger partial charge on any atom is 0.240 e. The van der Waals surface area contributed by atoms with Crippen LogP contribution in [0.1, 0.15) is 99.3 Å². The van der Waals surface area contributed by atoms with Gasteiger partial charge in [0.1, 0.15) is 12.1 Å². The van der Waals surface area contributed by atoms with Gasteiger partial charge in [0.2, 0.25) is 11.8 Å². The predicted octanol–water partition coefficient (Wildman–Crippen LogP) is 4.02. The average molecular weight is 748 g/mol. The van der Waals surface area contributed by atoms with Crippen LogP contribution in [0.15, 0.2) is 0 Å². The summed E-state index contributed by atoms with van der Waals surface area (Å²) in [6.45, 7) is 14.2. The Bertz CT molecular complexity index is 1200. The van der Waals surface area contributed by atoms with Crippen molar-refractivity contribution in [2.75, 3.05) is 55.0 Å². The highest BCUT2D eigenvalue weighted by Gasteiger charge is 2.58. The summed E-state index contributed by atoms with van der Waals surface area (Å²) in [5, 5.41) is 30.1. The van der Waals surface area contributed by atoms with Crippen LogP contribution in [0, 0.1) is 58.7 Å². The summed E-state index contributed by atoms with van der Waals surface area (Å²) < 4.78 is 6.42. The topological polar surface area (TPSA) is 127 Å². The van der Waals surface area contributed by atoms with Crippen LogP contribution in [-0.2, 0) is 19.2 Å². The monoisotopic (exact) mass is 748 g/mol. The Labute approximate surface area is 321 Å². The summed E-state index contributed by atoms with van der Waals surface area (Å²) in [4.78, 5) is 39.2. The van der Waals surface area contributed by atoms with E-state index in [0.29, 0.717) is 47.6 Å². The standard InChI is InChI=1S/C42H77N5O6/c1-24(2)15-31(22-45(7)8)43-40(50)29-16-28(17-32(18-29)46(9)10)33-14-12-13-27(39(33)52-11)21-47-38(37(26(4)49)36(23-48)53-47)41(51)44-35-20-30-19-34(25(35)3)42(30,5)6/h24-39,48-49H,12-23H2,1-11H3,(H,43,50)(H,44,51)/t25-,26-,27?,28?,29?,30?,31+,32?,33?,34-,35-,36-,37+,38-,39?/m0/s1. The van der Waals surface area contributed by atoms with Gasteiger partial charge in [-0.25, -0.2) is 0 Å². The molecule has 6 rings (SSSR count). The Balaban J connectivity index is 1.31. The summed E-state index contributed by atoms with van der Waals surface area (Å²) in [7, 11) is 10.2. The fourth-order valence-corrected chi connectivity index (χ4v) is 11.9. The molecular formula is C42H77N5O6. The second-order valence-electron chi connectivity index (χ2n) is 19.7. The Kier molecular flexibility index (Phi) is 14.4. The Hall–Kier alpha value is -1.34. The molecule has 6 fully saturated rings. The molecule has 1 saturated heterocycles. The predicted molar refractivity (Wildman–Crippen MR) is 209 cm³/mol. The number of likely N-dealkylation sites (N-methyl/N-ethyl adjacent to an activating group) is 1. The Morgan fingerprint density at radius 2 is 1.74 bits per heavy atom. The van der Waals surface area contributed by atoms with E-state index in [2.05, 4.69) is 83.2 Å². The summed E-state index contributed by atoms with van der Waals surface area (Å²) in [5.74, 6) is 2.27. The molecule has 4 N–H and O–H groups in total. The highest BCUT2D eigenvalue weighted by Crippen LogP contribution is 2.61. The highest BCUT2D eigenvalue weighted by atomic mass is 16.7. The molecule has 0 aromatic carbocycles. The van der Waals surface area contributed by atoms with Gasteiger partial charge < -0.3 is 35.4 Å². The van der Waals surface area contributed by atoms with Crippen LogP contribution >= 0.6 is 0 Å². The number of methoxy groups -OCH3 is 1. The number of nitrogens with one attached hydrogen (secondary N) is 2. The van der Waals surface area contributed by atoms with Gasteiger partial charge in [0, 0.05) is 56.1 Å². The van der Waals surface area contributed by atoms with Gasteiger partial charge in [-0.1, -0.05) is 41.0 Å². The summed E-state index contributed by atoms with van der Waals surface area (Å²) in [6.07, 6.45) is 7.40. The van der Waals surface area contributed by atoms with Crippen LogP contribution < -0.4 is 10.6 Å². The van der Waals surface area contributed by atoms with Gasteiger partial charge in [0.15, 0.2) is 0 Å². The first-order valence-corrected chi connectivity index (χ1v) is 21.1. The number of hydrogen-bond acceptors (Lipinski definition) is 9. The first kappa shape index (κ1) is 42.8. The number of nitrogens with zero attached hydrogens (tertiary/aromatic N) is 3. The fraction of sp³-hybridized carbons (Fsp3) is 0.952. The minimum Gasteiger partial charge on any atom is -0.394 e. The van der Waals surface area contributed by atoms with Crippen molar-refractivity contribution < 1.29 is 29.4 Å². The van der Waals surface area contributed by atoms with E-state index in [1.807, 2.05) is 7.11 Å². The molecule has 5 aliphatic carbocycles. The summed E-state index contributed by atoms with van der Waals surface area (Å²) in [6, 6.07) is -0.172. The van der Waals surface area contributed by atoms with E-state index in [4.69, 9.17) is 9.57 Å². The van der Waals surface area contributed by atoms with Crippen LogP contribution in [-0.4, -0.2) is 134 Å². The van der Waals surface area contributed by atoms with E-state index in [9.17, 15) is 19.8 Å². The van der Waals surface area contributed by atoms with Gasteiger partial charge in [-0.3, -0.25) is 14.4 Å². The molecular weight excluding hydrogens is 670 g/mol. The number of fused-ring (bicyclic) bond motifs is 2. The molecule has 6 aliphatic rings. The van der Waals surface area contributed by atoms with Gasteiger partial charge in [-0.2, -0.15) is 5.06 Å². The number of aliphatic hydroxyl groups is 2. The number of hydrogen-bond donors (Lipinski definition) is 4. The molecule has 0 radical (unpaired) electrons. The van der Waals surface area contributed by atoms with Crippen molar-refractivity contribution in [3.63, 3.8) is 0 Å². The Morgan fingerprint density at radius 1 is 1.02 bits per heavy atom. The zero-order chi connectivity index (χ0) is 38.9. The third kappa shape index (κ3) is 9.45. The Morgan fingerprint density at radius 3 is 2.30 bits per heavy atom. The molecule has 11 nitrogen and oxygen atoms in total. The van der Waals surface area contributed by atoms with Crippen LogP contribution in [0.5, 0.6) is 0 Å². The van der Waals surface area contributed by atoms with Gasteiger partial charge in [0.25, 0.3) is 0 Å². The molecule has 306 valence electrons. The van der Waals surface area contributed by atoms with E-state index < -0.39 is 24.2 Å². The first-order chi connectivity index (χ1) is 25.0. The van der Waals surface area contributed by atoms with Gasteiger partial charge in [0.05, 0.1) is 18.8 Å². The molecule has 2 bridgehead atoms. The normalized spacial score (nSPS) is 39.9. The maximum absolute atomic E-state index is 14.3. The molecule has 5 saturated carbocycles. The zero-order valence-electron chi connectivity index (χ0n) is 35.1. The van der Waals surface area contributed by atoms with Crippen molar-refractivity contribution in [1.29, 1.82) is 0 Å². The fourth-order valence-electron chi connectivity index (χ4n) is 11.9. The van der Waals surface area contributed by atoms with E-state index in [-0.39, 0.29) is 54.4 Å². The number of carbonyl (C=O) groups is 2. The molecule has 11 heteroatoms. The minimum atomic E-state index is -0.826. The molecule has 0 aromatic heterocycles. The molecule has 1 aliphatic heterocycles. The molecule has 7 unspecified atom stereocenters. The molecule has 53 heavy (non-hydrogen) atoms. The maximum atomic E-state index is 14.3. The lowest BCUT2D eigenvalue weighted by molar-refractivity contribution is -0.193. The van der Waals surface area contributed by atoms with E-state index >= 15 is 0 Å². The molecule has 1 heterocycles. The van der Waals surface area contributed by atoms with E-state index in [1.54, 1.807) is 12.0 Å². The summed E-state index contributed by atoms with van der Waals surface area (Å²) in [5.41, 5.74) is 0.316. The highest BCUT2D eigenvalue weighted by molar-refractivity contribution is 5.83. The van der Waals surface area contributed by atoms with E-state index in [1.165, 1.54) is 6.42 Å². The van der Waals surface area contributed by atoms with Crippen molar-refractivity contribution in [1.82, 2.24) is 25.5 Å². The number of hydroxylamine groups is 2. The third-order valence-electron chi connectivity index (χ3n) is 14.9. The van der Waals surface area contributed by atoms with Gasteiger partial charge >= 0.3 is 0 Å². The number of amides is 2. The van der Waals surface area contributed by atoms with Crippen molar-refractivity contribution in [2.24, 2.45) is 58.7 Å². The number of rotatable bonds is 15. The molecule has 0 spiro atoms. The van der Waals surface area contributed by atoms with Crippen LogP contribution in [0.4, 0.5) is 0 Å². The number of carbonyl (C=O) groups excluding carboxylic acids is 2. The van der Waals surface area contributed by atoms with Gasteiger partial charge in [-0.05, 0) is 127 Å². The molecule has 2 amide bonds. The second-order valence-corrected chi connectivity index (χ2v) is 19.7. The molecule has 0 aromatic rings. The molecule has 15 atom stereocenters. The van der Waals surface area contributed by atoms with Gasteiger partial charge in [-0.15, -0.1) is 0 Å². The van der Waals surface area contributed by atoms with Crippen molar-refractivity contribution in [3.8, 4) is 0 Å². The lowest BCUT2D eigenvalue weighted by Crippen LogP contribution is -2.62. The SMILES string of the molecule is COC1C(CN2O[C@@H](CO)[C@@H]([C@H](C)O)[C@H]2C(=O)N[C@H]2CC3C[C@@H]([C@@H]2C)C3(C)C)CCCC1C1CC(C(=O)N[C@H](CC(C)C)CN(C)C)CC(N(C)C)C1. The number of aliphatic hydroxyl groups excluding tert-OH is 2. The van der Waals surface area contributed by atoms with E-state index in [0.717, 1.165) is 57.9 Å². The minimum absolute atomic E-state index is 0.0539. The van der Waals surface area contributed by atoms with Crippen molar-refractivity contribution in [3.05, 3.63) is 0 Å².